The van der Waals surface area contributed by atoms with Gasteiger partial charge in [-0.25, -0.2) is 0 Å². The zero-order valence-corrected chi connectivity index (χ0v) is 11.3. The highest BCUT2D eigenvalue weighted by atomic mass is 16.3. The largest absolute Gasteiger partial charge is 0.469 e. The summed E-state index contributed by atoms with van der Waals surface area (Å²) in [6.07, 6.45) is 6.81. The van der Waals surface area contributed by atoms with E-state index in [1.807, 2.05) is 31.3 Å². The minimum Gasteiger partial charge on any atom is -0.469 e. The number of nitrogens with zero attached hydrogens (tertiary/aromatic N) is 3. The van der Waals surface area contributed by atoms with Crippen LogP contribution < -0.4 is 5.73 Å². The first kappa shape index (κ1) is 12.5. The molecule has 0 radical (unpaired) electrons. The van der Waals surface area contributed by atoms with E-state index in [2.05, 4.69) is 10.1 Å². The number of anilines is 1. The first-order valence-electron chi connectivity index (χ1n) is 6.50. The van der Waals surface area contributed by atoms with Crippen LogP contribution in [0, 0.1) is 0 Å². The van der Waals surface area contributed by atoms with E-state index in [1.165, 1.54) is 0 Å². The lowest BCUT2D eigenvalue weighted by molar-refractivity contribution is 0.507. The van der Waals surface area contributed by atoms with Gasteiger partial charge in [-0.1, -0.05) is 0 Å². The van der Waals surface area contributed by atoms with Crippen molar-refractivity contribution in [1.82, 2.24) is 14.8 Å². The van der Waals surface area contributed by atoms with E-state index in [0.29, 0.717) is 5.82 Å². The fourth-order valence-corrected chi connectivity index (χ4v) is 2.30. The molecule has 0 saturated carbocycles. The van der Waals surface area contributed by atoms with Crippen LogP contribution in [0.4, 0.5) is 5.82 Å². The summed E-state index contributed by atoms with van der Waals surface area (Å²) in [5, 5.41) is 4.52. The van der Waals surface area contributed by atoms with Gasteiger partial charge in [0.25, 0.3) is 0 Å². The molecular formula is C15H16N4O. The first-order chi connectivity index (χ1) is 9.75. The monoisotopic (exact) mass is 268 g/mol. The van der Waals surface area contributed by atoms with Gasteiger partial charge < -0.3 is 10.2 Å². The normalized spacial score (nSPS) is 10.8. The fraction of sp³-hybridized carbons (Fsp3) is 0.200. The lowest BCUT2D eigenvalue weighted by Crippen LogP contribution is -1.98. The lowest BCUT2D eigenvalue weighted by atomic mass is 10.0. The van der Waals surface area contributed by atoms with Crippen LogP contribution in [0.3, 0.4) is 0 Å². The summed E-state index contributed by atoms with van der Waals surface area (Å²) in [5.41, 5.74) is 9.15. The summed E-state index contributed by atoms with van der Waals surface area (Å²) in [4.78, 5) is 4.04. The van der Waals surface area contributed by atoms with Crippen LogP contribution in [-0.4, -0.2) is 14.8 Å². The standard InChI is InChI=1S/C15H16N4O/c1-19-15(16)14(11-6-8-17-9-7-11)13(18-19)5-4-12-3-2-10-20-12/h2-3,6-10H,4-5,16H2,1H3. The highest BCUT2D eigenvalue weighted by molar-refractivity contribution is 5.76. The molecule has 0 bridgehead atoms. The third-order valence-corrected chi connectivity index (χ3v) is 3.32. The SMILES string of the molecule is Cn1nc(CCc2ccco2)c(-c2ccncc2)c1N. The molecule has 5 heteroatoms. The van der Waals surface area contributed by atoms with Crippen molar-refractivity contribution in [1.29, 1.82) is 0 Å². The summed E-state index contributed by atoms with van der Waals surface area (Å²) in [6, 6.07) is 7.76. The van der Waals surface area contributed by atoms with Crippen molar-refractivity contribution in [2.24, 2.45) is 7.05 Å². The van der Waals surface area contributed by atoms with Crippen LogP contribution in [0.25, 0.3) is 11.1 Å². The Morgan fingerprint density at radius 2 is 2.00 bits per heavy atom. The van der Waals surface area contributed by atoms with Crippen molar-refractivity contribution < 1.29 is 4.42 Å². The van der Waals surface area contributed by atoms with Gasteiger partial charge in [-0.2, -0.15) is 5.10 Å². The number of hydrogen-bond acceptors (Lipinski definition) is 4. The highest BCUT2D eigenvalue weighted by Gasteiger charge is 2.15. The van der Waals surface area contributed by atoms with E-state index in [-0.39, 0.29) is 0 Å². The molecule has 20 heavy (non-hydrogen) atoms. The number of rotatable bonds is 4. The van der Waals surface area contributed by atoms with E-state index < -0.39 is 0 Å². The first-order valence-corrected chi connectivity index (χ1v) is 6.50. The third-order valence-electron chi connectivity index (χ3n) is 3.32. The maximum absolute atomic E-state index is 6.14. The molecule has 3 aromatic rings. The molecule has 0 atom stereocenters. The van der Waals surface area contributed by atoms with Crippen molar-refractivity contribution in [2.45, 2.75) is 12.8 Å². The van der Waals surface area contributed by atoms with Crippen LogP contribution in [0.2, 0.25) is 0 Å². The predicted octanol–water partition coefficient (Wildman–Crippen LogP) is 2.44. The van der Waals surface area contributed by atoms with Crippen LogP contribution in [-0.2, 0) is 19.9 Å². The number of nitrogens with two attached hydrogens (primary N) is 1. The smallest absolute Gasteiger partial charge is 0.129 e. The summed E-state index contributed by atoms with van der Waals surface area (Å²) in [5.74, 6) is 1.63. The Morgan fingerprint density at radius 3 is 2.70 bits per heavy atom. The molecule has 102 valence electrons. The van der Waals surface area contributed by atoms with Gasteiger partial charge in [0, 0.05) is 31.4 Å². The number of hydrogen-bond donors (Lipinski definition) is 1. The minimum atomic E-state index is 0.672. The molecule has 0 aliphatic rings. The maximum atomic E-state index is 6.14. The van der Waals surface area contributed by atoms with Crippen molar-refractivity contribution >= 4 is 5.82 Å². The van der Waals surface area contributed by atoms with E-state index in [1.54, 1.807) is 23.3 Å². The van der Waals surface area contributed by atoms with Gasteiger partial charge in [0.05, 0.1) is 12.0 Å². The highest BCUT2D eigenvalue weighted by Crippen LogP contribution is 2.29. The molecule has 3 rings (SSSR count). The molecule has 0 aromatic carbocycles. The number of pyridine rings is 1. The zero-order chi connectivity index (χ0) is 13.9. The van der Waals surface area contributed by atoms with Crippen molar-refractivity contribution in [3.63, 3.8) is 0 Å². The molecule has 3 heterocycles. The van der Waals surface area contributed by atoms with E-state index in [4.69, 9.17) is 10.2 Å². The summed E-state index contributed by atoms with van der Waals surface area (Å²) in [7, 11) is 1.86. The van der Waals surface area contributed by atoms with Gasteiger partial charge in [0.2, 0.25) is 0 Å². The Labute approximate surface area is 117 Å². The van der Waals surface area contributed by atoms with E-state index in [0.717, 1.165) is 35.4 Å². The summed E-state index contributed by atoms with van der Waals surface area (Å²) >= 11 is 0. The second-order valence-electron chi connectivity index (χ2n) is 4.65. The van der Waals surface area contributed by atoms with Gasteiger partial charge in [0.1, 0.15) is 11.6 Å². The number of nitrogen functional groups attached to an aromatic ring is 1. The molecule has 0 amide bonds. The maximum Gasteiger partial charge on any atom is 0.129 e. The van der Waals surface area contributed by atoms with Gasteiger partial charge in [0.15, 0.2) is 0 Å². The van der Waals surface area contributed by atoms with Gasteiger partial charge in [-0.3, -0.25) is 9.67 Å². The van der Waals surface area contributed by atoms with Crippen LogP contribution >= 0.6 is 0 Å². The van der Waals surface area contributed by atoms with Gasteiger partial charge in [-0.15, -0.1) is 0 Å². The Balaban J connectivity index is 1.93. The lowest BCUT2D eigenvalue weighted by Gasteiger charge is -2.03. The molecule has 0 aliphatic carbocycles. The molecule has 3 aromatic heterocycles. The van der Waals surface area contributed by atoms with Crippen molar-refractivity contribution in [3.05, 3.63) is 54.4 Å². The number of aryl methyl sites for hydroxylation is 3. The molecule has 0 saturated heterocycles. The van der Waals surface area contributed by atoms with Crippen LogP contribution in [0.5, 0.6) is 0 Å². The Kier molecular flexibility index (Phi) is 3.25. The van der Waals surface area contributed by atoms with Crippen molar-refractivity contribution in [2.75, 3.05) is 5.73 Å². The quantitative estimate of drug-likeness (QED) is 0.789. The third kappa shape index (κ3) is 2.30. The Bertz CT molecular complexity index is 686. The Hall–Kier alpha value is -2.56. The second-order valence-corrected chi connectivity index (χ2v) is 4.65. The van der Waals surface area contributed by atoms with E-state index >= 15 is 0 Å². The molecule has 2 N–H and O–H groups in total. The van der Waals surface area contributed by atoms with Crippen molar-refractivity contribution in [3.8, 4) is 11.1 Å². The Morgan fingerprint density at radius 1 is 1.20 bits per heavy atom. The van der Waals surface area contributed by atoms with Gasteiger partial charge in [-0.05, 0) is 36.2 Å². The zero-order valence-electron chi connectivity index (χ0n) is 11.3. The topological polar surface area (TPSA) is 69.9 Å². The second kappa shape index (κ2) is 5.21. The average Bonchev–Trinajstić information content (AvgIpc) is 3.07. The molecule has 0 unspecified atom stereocenters. The van der Waals surface area contributed by atoms with E-state index in [9.17, 15) is 0 Å². The number of aromatic nitrogens is 3. The average molecular weight is 268 g/mol. The minimum absolute atomic E-state index is 0.672. The van der Waals surface area contributed by atoms with Crippen LogP contribution in [0.15, 0.2) is 47.3 Å². The number of furan rings is 1. The molecule has 0 fully saturated rings. The van der Waals surface area contributed by atoms with Crippen LogP contribution in [0.1, 0.15) is 11.5 Å². The predicted molar refractivity (Wildman–Crippen MR) is 77.0 cm³/mol. The summed E-state index contributed by atoms with van der Waals surface area (Å²) < 4.78 is 7.08. The fourth-order valence-electron chi connectivity index (χ4n) is 2.30. The van der Waals surface area contributed by atoms with Gasteiger partial charge >= 0.3 is 0 Å². The molecule has 0 spiro atoms. The molecule has 0 aliphatic heterocycles. The molecule has 5 nitrogen and oxygen atoms in total. The summed E-state index contributed by atoms with van der Waals surface area (Å²) in [6.45, 7) is 0. The molecular weight excluding hydrogens is 252 g/mol.